The van der Waals surface area contributed by atoms with Crippen molar-refractivity contribution in [2.75, 3.05) is 25.1 Å². The lowest BCUT2D eigenvalue weighted by Crippen LogP contribution is -2.31. The lowest BCUT2D eigenvalue weighted by Gasteiger charge is -2.15. The van der Waals surface area contributed by atoms with Crippen molar-refractivity contribution in [2.45, 2.75) is 13.3 Å². The second-order valence-corrected chi connectivity index (χ2v) is 3.79. The van der Waals surface area contributed by atoms with Gasteiger partial charge in [-0.3, -0.25) is 14.9 Å². The maximum Gasteiger partial charge on any atom is 0.298 e. The molecule has 0 radical (unpaired) electrons. The quantitative estimate of drug-likeness (QED) is 0.570. The molecule has 0 fully saturated rings. The predicted octanol–water partition coefficient (Wildman–Crippen LogP) is 1.71. The van der Waals surface area contributed by atoms with E-state index in [9.17, 15) is 14.9 Å². The lowest BCUT2D eigenvalue weighted by atomic mass is 10.3. The average Bonchev–Trinajstić information content (AvgIpc) is 2.35. The van der Waals surface area contributed by atoms with Gasteiger partial charge in [-0.2, -0.15) is 0 Å². The van der Waals surface area contributed by atoms with Gasteiger partial charge in [0.05, 0.1) is 6.61 Å². The number of nitro groups is 1. The van der Waals surface area contributed by atoms with Crippen molar-refractivity contribution in [3.63, 3.8) is 0 Å². The van der Waals surface area contributed by atoms with Crippen molar-refractivity contribution in [3.05, 3.63) is 34.4 Å². The molecule has 0 saturated carbocycles. The van der Waals surface area contributed by atoms with Crippen molar-refractivity contribution >= 4 is 11.6 Å². The monoisotopic (exact) mass is 252 g/mol. The highest BCUT2D eigenvalue weighted by atomic mass is 16.6. The smallest absolute Gasteiger partial charge is 0.298 e. The Morgan fingerprint density at radius 1 is 1.39 bits per heavy atom. The molecule has 0 bridgehead atoms. The molecule has 0 aliphatic rings. The van der Waals surface area contributed by atoms with Gasteiger partial charge in [0.15, 0.2) is 0 Å². The lowest BCUT2D eigenvalue weighted by molar-refractivity contribution is -0.467. The molecule has 0 unspecified atom stereocenters. The van der Waals surface area contributed by atoms with Crippen molar-refractivity contribution in [1.82, 2.24) is 0 Å². The summed E-state index contributed by atoms with van der Waals surface area (Å²) >= 11 is 0. The minimum atomic E-state index is -0.704. The number of amides is 1. The Labute approximate surface area is 105 Å². The van der Waals surface area contributed by atoms with Crippen molar-refractivity contribution in [1.29, 1.82) is 0 Å². The fourth-order valence-corrected chi connectivity index (χ4v) is 1.35. The van der Waals surface area contributed by atoms with Crippen LogP contribution in [-0.4, -0.2) is 31.0 Å². The van der Waals surface area contributed by atoms with Gasteiger partial charge in [-0.15, -0.1) is 0 Å². The van der Waals surface area contributed by atoms with Gasteiger partial charge in [-0.1, -0.05) is 6.92 Å². The van der Waals surface area contributed by atoms with Crippen LogP contribution in [0.25, 0.3) is 0 Å². The highest BCUT2D eigenvalue weighted by molar-refractivity contribution is 5.93. The molecule has 0 aliphatic heterocycles. The molecule has 1 aromatic carbocycles. The Balaban J connectivity index is 2.66. The van der Waals surface area contributed by atoms with E-state index in [1.807, 2.05) is 6.92 Å². The molecule has 0 heterocycles. The minimum Gasteiger partial charge on any atom is -0.494 e. The highest BCUT2D eigenvalue weighted by Crippen LogP contribution is 2.18. The van der Waals surface area contributed by atoms with Gasteiger partial charge in [-0.05, 0) is 30.7 Å². The molecule has 1 rings (SSSR count). The second-order valence-electron chi connectivity index (χ2n) is 3.79. The third kappa shape index (κ3) is 4.04. The summed E-state index contributed by atoms with van der Waals surface area (Å²) in [5, 5.41) is 10.3. The molecule has 1 amide bonds. The summed E-state index contributed by atoms with van der Waals surface area (Å²) in [5.41, 5.74) is 0.602. The SMILES string of the molecule is CCCOc1ccc(N(C)C(=O)C[N+](=O)[O-])cc1. The maximum atomic E-state index is 11.5. The van der Waals surface area contributed by atoms with Gasteiger partial charge in [0.2, 0.25) is 0 Å². The van der Waals surface area contributed by atoms with E-state index in [-0.39, 0.29) is 0 Å². The van der Waals surface area contributed by atoms with E-state index in [1.54, 1.807) is 24.3 Å². The molecular weight excluding hydrogens is 236 g/mol. The van der Waals surface area contributed by atoms with E-state index < -0.39 is 17.4 Å². The molecule has 18 heavy (non-hydrogen) atoms. The molecule has 0 aromatic heterocycles. The van der Waals surface area contributed by atoms with E-state index in [0.717, 1.165) is 12.2 Å². The second kappa shape index (κ2) is 6.58. The number of ether oxygens (including phenoxy) is 1. The molecule has 98 valence electrons. The highest BCUT2D eigenvalue weighted by Gasteiger charge is 2.16. The van der Waals surface area contributed by atoms with Crippen LogP contribution in [0.3, 0.4) is 0 Å². The minimum absolute atomic E-state index is 0.553. The molecular formula is C12H16N2O4. The van der Waals surface area contributed by atoms with Crippen LogP contribution in [0.1, 0.15) is 13.3 Å². The Kier molecular flexibility index (Phi) is 5.10. The number of nitrogens with zero attached hydrogens (tertiary/aromatic N) is 2. The molecule has 1 aromatic rings. The van der Waals surface area contributed by atoms with E-state index in [0.29, 0.717) is 12.3 Å². The number of likely N-dealkylation sites (N-methyl/N-ethyl adjacent to an activating group) is 1. The van der Waals surface area contributed by atoms with Crippen LogP contribution in [0, 0.1) is 10.1 Å². The zero-order valence-electron chi connectivity index (χ0n) is 10.5. The van der Waals surface area contributed by atoms with E-state index in [2.05, 4.69) is 0 Å². The first kappa shape index (κ1) is 14.0. The van der Waals surface area contributed by atoms with Gasteiger partial charge in [0, 0.05) is 17.7 Å². The van der Waals surface area contributed by atoms with E-state index in [4.69, 9.17) is 4.74 Å². The standard InChI is InChI=1S/C12H16N2O4/c1-3-8-18-11-6-4-10(5-7-11)13(2)12(15)9-14(16)17/h4-7H,3,8-9H2,1-2H3. The van der Waals surface area contributed by atoms with Crippen molar-refractivity contribution in [2.24, 2.45) is 0 Å². The van der Waals surface area contributed by atoms with Crippen LogP contribution in [0.5, 0.6) is 5.75 Å². The summed E-state index contributed by atoms with van der Waals surface area (Å²) in [7, 11) is 1.51. The normalized spacial score (nSPS) is 9.89. The zero-order valence-corrected chi connectivity index (χ0v) is 10.5. The van der Waals surface area contributed by atoms with Crippen LogP contribution < -0.4 is 9.64 Å². The maximum absolute atomic E-state index is 11.5. The number of anilines is 1. The van der Waals surface area contributed by atoms with E-state index in [1.165, 1.54) is 11.9 Å². The Hall–Kier alpha value is -2.11. The Morgan fingerprint density at radius 3 is 2.50 bits per heavy atom. The first-order valence-corrected chi connectivity index (χ1v) is 5.65. The van der Waals surface area contributed by atoms with Crippen LogP contribution in [-0.2, 0) is 4.79 Å². The number of carbonyl (C=O) groups excluding carboxylic acids is 1. The number of rotatable bonds is 6. The fraction of sp³-hybridized carbons (Fsp3) is 0.417. The fourth-order valence-electron chi connectivity index (χ4n) is 1.35. The average molecular weight is 252 g/mol. The van der Waals surface area contributed by atoms with Crippen LogP contribution >= 0.6 is 0 Å². The first-order valence-electron chi connectivity index (χ1n) is 5.65. The first-order chi connectivity index (χ1) is 8.54. The van der Waals surface area contributed by atoms with E-state index >= 15 is 0 Å². The molecule has 0 saturated heterocycles. The molecule has 0 aliphatic carbocycles. The van der Waals surface area contributed by atoms with Crippen LogP contribution in [0.2, 0.25) is 0 Å². The van der Waals surface area contributed by atoms with Crippen LogP contribution in [0.15, 0.2) is 24.3 Å². The number of hydrogen-bond donors (Lipinski definition) is 0. The van der Waals surface area contributed by atoms with Crippen molar-refractivity contribution < 1.29 is 14.5 Å². The largest absolute Gasteiger partial charge is 0.494 e. The van der Waals surface area contributed by atoms with Gasteiger partial charge in [-0.25, -0.2) is 0 Å². The topological polar surface area (TPSA) is 72.7 Å². The number of hydrogen-bond acceptors (Lipinski definition) is 4. The Morgan fingerprint density at radius 2 is 2.00 bits per heavy atom. The molecule has 6 heteroatoms. The zero-order chi connectivity index (χ0) is 13.5. The Bertz CT molecular complexity index is 417. The van der Waals surface area contributed by atoms with Crippen molar-refractivity contribution in [3.8, 4) is 5.75 Å². The third-order valence-electron chi connectivity index (χ3n) is 2.34. The number of carbonyl (C=O) groups is 1. The van der Waals surface area contributed by atoms with Crippen LogP contribution in [0.4, 0.5) is 5.69 Å². The predicted molar refractivity (Wildman–Crippen MR) is 67.5 cm³/mol. The van der Waals surface area contributed by atoms with Gasteiger partial charge < -0.3 is 9.64 Å². The summed E-state index contributed by atoms with van der Waals surface area (Å²) < 4.78 is 5.40. The third-order valence-corrected chi connectivity index (χ3v) is 2.34. The molecule has 0 spiro atoms. The summed E-state index contributed by atoms with van der Waals surface area (Å²) in [6.07, 6.45) is 0.920. The summed E-state index contributed by atoms with van der Waals surface area (Å²) in [5.74, 6) is 0.165. The van der Waals surface area contributed by atoms with Gasteiger partial charge in [0.1, 0.15) is 5.75 Å². The molecule has 6 nitrogen and oxygen atoms in total. The summed E-state index contributed by atoms with van der Waals surface area (Å²) in [6, 6.07) is 6.87. The molecule has 0 atom stereocenters. The summed E-state index contributed by atoms with van der Waals surface area (Å²) in [4.78, 5) is 22.3. The van der Waals surface area contributed by atoms with Gasteiger partial charge >= 0.3 is 0 Å². The summed E-state index contributed by atoms with van der Waals surface area (Å²) in [6.45, 7) is 1.94. The van der Waals surface area contributed by atoms with Gasteiger partial charge in [0.25, 0.3) is 12.5 Å². The molecule has 0 N–H and O–H groups in total. The number of benzene rings is 1.